The Labute approximate surface area is 142 Å². The van der Waals surface area contributed by atoms with Gasteiger partial charge in [0.15, 0.2) is 0 Å². The summed E-state index contributed by atoms with van der Waals surface area (Å²) in [5.41, 5.74) is 1.08. The maximum absolute atomic E-state index is 5.47. The summed E-state index contributed by atoms with van der Waals surface area (Å²) < 4.78 is 7.35. The van der Waals surface area contributed by atoms with E-state index in [1.807, 2.05) is 4.52 Å². The molecule has 0 bridgehead atoms. The number of nitrogens with zero attached hydrogens (tertiary/aromatic N) is 6. The number of anilines is 1. The number of hydrogen-bond donors (Lipinski definition) is 0. The molecule has 0 amide bonds. The standard InChI is InChI=1S/C17H26N6O/c1-2-15-10-16(23-17(20-15)18-13-19-23)22-5-3-4-14(12-22)11-21-6-8-24-9-7-21/h10,13-14H,2-9,11-12H2,1H3. The van der Waals surface area contributed by atoms with Crippen LogP contribution < -0.4 is 4.90 Å². The van der Waals surface area contributed by atoms with Crippen LogP contribution in [0.2, 0.25) is 0 Å². The van der Waals surface area contributed by atoms with Gasteiger partial charge in [0.05, 0.1) is 13.2 Å². The van der Waals surface area contributed by atoms with Crippen molar-refractivity contribution in [2.24, 2.45) is 5.92 Å². The minimum atomic E-state index is 0.702. The number of hydrogen-bond acceptors (Lipinski definition) is 6. The van der Waals surface area contributed by atoms with E-state index in [1.165, 1.54) is 19.4 Å². The molecule has 4 rings (SSSR count). The van der Waals surface area contributed by atoms with Crippen molar-refractivity contribution in [2.75, 3.05) is 50.8 Å². The lowest BCUT2D eigenvalue weighted by Crippen LogP contribution is -2.45. The normalized spacial score (nSPS) is 23.0. The van der Waals surface area contributed by atoms with Gasteiger partial charge < -0.3 is 9.64 Å². The quantitative estimate of drug-likeness (QED) is 0.840. The first-order chi connectivity index (χ1) is 11.8. The fourth-order valence-corrected chi connectivity index (χ4v) is 3.82. The second kappa shape index (κ2) is 7.03. The van der Waals surface area contributed by atoms with Crippen LogP contribution >= 0.6 is 0 Å². The Morgan fingerprint density at radius 2 is 2.12 bits per heavy atom. The van der Waals surface area contributed by atoms with Crippen molar-refractivity contribution in [3.63, 3.8) is 0 Å². The zero-order valence-electron chi connectivity index (χ0n) is 14.4. The van der Waals surface area contributed by atoms with Gasteiger partial charge in [0.1, 0.15) is 12.1 Å². The lowest BCUT2D eigenvalue weighted by atomic mass is 9.97. The summed E-state index contributed by atoms with van der Waals surface area (Å²) in [6.07, 6.45) is 5.05. The fraction of sp³-hybridized carbons (Fsp3) is 0.706. The highest BCUT2D eigenvalue weighted by atomic mass is 16.5. The topological polar surface area (TPSA) is 58.8 Å². The number of aryl methyl sites for hydroxylation is 1. The van der Waals surface area contributed by atoms with Crippen LogP contribution in [0.1, 0.15) is 25.5 Å². The molecule has 0 saturated carbocycles. The average Bonchev–Trinajstić information content (AvgIpc) is 3.10. The second-order valence-corrected chi connectivity index (χ2v) is 6.80. The van der Waals surface area contributed by atoms with Gasteiger partial charge >= 0.3 is 0 Å². The van der Waals surface area contributed by atoms with Crippen LogP contribution in [0.4, 0.5) is 5.82 Å². The monoisotopic (exact) mass is 330 g/mol. The third kappa shape index (κ3) is 3.23. The van der Waals surface area contributed by atoms with Crippen LogP contribution in [0.5, 0.6) is 0 Å². The molecule has 7 nitrogen and oxygen atoms in total. The molecule has 1 unspecified atom stereocenters. The Balaban J connectivity index is 1.52. The van der Waals surface area contributed by atoms with Crippen molar-refractivity contribution in [3.05, 3.63) is 18.1 Å². The van der Waals surface area contributed by atoms with Gasteiger partial charge in [-0.1, -0.05) is 6.92 Å². The molecule has 2 saturated heterocycles. The number of ether oxygens (including phenoxy) is 1. The third-order valence-electron chi connectivity index (χ3n) is 5.11. The molecule has 4 heterocycles. The predicted octanol–water partition coefficient (Wildman–Crippen LogP) is 1.24. The van der Waals surface area contributed by atoms with Crippen LogP contribution in [0.25, 0.3) is 5.78 Å². The lowest BCUT2D eigenvalue weighted by Gasteiger charge is -2.37. The first-order valence-corrected chi connectivity index (χ1v) is 9.08. The minimum Gasteiger partial charge on any atom is -0.379 e. The first-order valence-electron chi connectivity index (χ1n) is 9.08. The fourth-order valence-electron chi connectivity index (χ4n) is 3.82. The van der Waals surface area contributed by atoms with Gasteiger partial charge in [0.2, 0.25) is 0 Å². The van der Waals surface area contributed by atoms with Crippen molar-refractivity contribution in [1.82, 2.24) is 24.5 Å². The van der Waals surface area contributed by atoms with Gasteiger partial charge in [-0.2, -0.15) is 14.6 Å². The molecule has 0 radical (unpaired) electrons. The summed E-state index contributed by atoms with van der Waals surface area (Å²) >= 11 is 0. The highest BCUT2D eigenvalue weighted by Gasteiger charge is 2.25. The zero-order chi connectivity index (χ0) is 16.4. The summed E-state index contributed by atoms with van der Waals surface area (Å²) in [5, 5.41) is 4.38. The van der Waals surface area contributed by atoms with E-state index in [4.69, 9.17) is 4.74 Å². The van der Waals surface area contributed by atoms with Gasteiger partial charge in [-0.3, -0.25) is 4.90 Å². The van der Waals surface area contributed by atoms with E-state index in [1.54, 1.807) is 6.33 Å². The van der Waals surface area contributed by atoms with E-state index < -0.39 is 0 Å². The van der Waals surface area contributed by atoms with Gasteiger partial charge in [-0.05, 0) is 25.2 Å². The molecule has 2 aliphatic heterocycles. The minimum absolute atomic E-state index is 0.702. The molecule has 24 heavy (non-hydrogen) atoms. The molecule has 130 valence electrons. The predicted molar refractivity (Wildman–Crippen MR) is 92.4 cm³/mol. The van der Waals surface area contributed by atoms with Crippen LogP contribution in [-0.4, -0.2) is 70.4 Å². The van der Waals surface area contributed by atoms with Gasteiger partial charge in [0.25, 0.3) is 5.78 Å². The van der Waals surface area contributed by atoms with Crippen molar-refractivity contribution >= 4 is 11.6 Å². The summed E-state index contributed by atoms with van der Waals surface area (Å²) in [7, 11) is 0. The van der Waals surface area contributed by atoms with E-state index in [0.29, 0.717) is 11.7 Å². The third-order valence-corrected chi connectivity index (χ3v) is 5.11. The van der Waals surface area contributed by atoms with Crippen LogP contribution in [0, 0.1) is 5.92 Å². The molecule has 0 aliphatic carbocycles. The molecule has 2 aromatic rings. The Bertz CT molecular complexity index is 681. The molecule has 0 spiro atoms. The molecule has 2 fully saturated rings. The maximum atomic E-state index is 5.47. The van der Waals surface area contributed by atoms with E-state index in [-0.39, 0.29) is 0 Å². The molecule has 1 atom stereocenters. The largest absolute Gasteiger partial charge is 0.379 e. The summed E-state index contributed by atoms with van der Waals surface area (Å²) in [6.45, 7) is 9.36. The van der Waals surface area contributed by atoms with Gasteiger partial charge in [0, 0.05) is 44.5 Å². The van der Waals surface area contributed by atoms with E-state index in [2.05, 4.69) is 37.9 Å². The van der Waals surface area contributed by atoms with E-state index in [0.717, 1.165) is 57.3 Å². The summed E-state index contributed by atoms with van der Waals surface area (Å²) in [4.78, 5) is 13.9. The van der Waals surface area contributed by atoms with E-state index in [9.17, 15) is 0 Å². The van der Waals surface area contributed by atoms with Crippen molar-refractivity contribution in [3.8, 4) is 0 Å². The number of aromatic nitrogens is 4. The molecule has 7 heteroatoms. The first kappa shape index (κ1) is 15.8. The number of rotatable bonds is 4. The average molecular weight is 330 g/mol. The molecule has 2 aliphatic rings. The van der Waals surface area contributed by atoms with Crippen molar-refractivity contribution in [2.45, 2.75) is 26.2 Å². The highest BCUT2D eigenvalue weighted by Crippen LogP contribution is 2.25. The Morgan fingerprint density at radius 1 is 1.25 bits per heavy atom. The Hall–Kier alpha value is -1.73. The second-order valence-electron chi connectivity index (χ2n) is 6.80. The molecular formula is C17H26N6O. The molecule has 0 N–H and O–H groups in total. The Kier molecular flexibility index (Phi) is 4.62. The zero-order valence-corrected chi connectivity index (χ0v) is 14.4. The summed E-state index contributed by atoms with van der Waals surface area (Å²) in [6, 6.07) is 2.18. The molecular weight excluding hydrogens is 304 g/mol. The van der Waals surface area contributed by atoms with Crippen molar-refractivity contribution in [1.29, 1.82) is 0 Å². The highest BCUT2D eigenvalue weighted by molar-refractivity contribution is 5.47. The van der Waals surface area contributed by atoms with Gasteiger partial charge in [-0.15, -0.1) is 0 Å². The number of piperidine rings is 1. The Morgan fingerprint density at radius 3 is 2.96 bits per heavy atom. The number of morpholine rings is 1. The summed E-state index contributed by atoms with van der Waals surface area (Å²) in [5.74, 6) is 2.55. The smallest absolute Gasteiger partial charge is 0.254 e. The molecule has 0 aromatic carbocycles. The van der Waals surface area contributed by atoms with Crippen LogP contribution in [0.15, 0.2) is 12.4 Å². The SMILES string of the molecule is CCc1cc(N2CCCC(CN3CCOCC3)C2)n2ncnc2n1. The maximum Gasteiger partial charge on any atom is 0.254 e. The van der Waals surface area contributed by atoms with Crippen LogP contribution in [-0.2, 0) is 11.2 Å². The van der Waals surface area contributed by atoms with Crippen LogP contribution in [0.3, 0.4) is 0 Å². The lowest BCUT2D eigenvalue weighted by molar-refractivity contribution is 0.0296. The van der Waals surface area contributed by atoms with Gasteiger partial charge in [-0.25, -0.2) is 4.98 Å². The van der Waals surface area contributed by atoms with E-state index >= 15 is 0 Å². The van der Waals surface area contributed by atoms with Crippen molar-refractivity contribution < 1.29 is 4.74 Å². The molecule has 2 aromatic heterocycles. The number of fused-ring (bicyclic) bond motifs is 1.